The van der Waals surface area contributed by atoms with Gasteiger partial charge < -0.3 is 19.3 Å². The predicted octanol–water partition coefficient (Wildman–Crippen LogP) is 4.27. The zero-order valence-corrected chi connectivity index (χ0v) is 20.9. The fourth-order valence-electron chi connectivity index (χ4n) is 3.93. The Balaban J connectivity index is 1.88. The quantitative estimate of drug-likeness (QED) is 0.218. The van der Waals surface area contributed by atoms with E-state index in [1.54, 1.807) is 55.5 Å². The third kappa shape index (κ3) is 4.42. The highest BCUT2D eigenvalue weighted by atomic mass is 32.1. The Morgan fingerprint density at radius 1 is 1.06 bits per heavy atom. The molecule has 0 aliphatic carbocycles. The summed E-state index contributed by atoms with van der Waals surface area (Å²) in [6.45, 7) is 3.95. The average Bonchev–Trinajstić information content (AvgIpc) is 3.40. The number of thiazole rings is 1. The van der Waals surface area contributed by atoms with Crippen LogP contribution < -0.4 is 14.4 Å². The highest BCUT2D eigenvalue weighted by Gasteiger charge is 2.48. The van der Waals surface area contributed by atoms with Crippen LogP contribution in [0, 0.1) is 6.92 Å². The molecule has 10 heteroatoms. The van der Waals surface area contributed by atoms with Gasteiger partial charge >= 0.3 is 11.9 Å². The van der Waals surface area contributed by atoms with Gasteiger partial charge in [-0.15, -0.1) is 0 Å². The van der Waals surface area contributed by atoms with E-state index < -0.39 is 23.7 Å². The molecular weight excluding hydrogens is 484 g/mol. The summed E-state index contributed by atoms with van der Waals surface area (Å²) in [6.07, 6.45) is 0. The van der Waals surface area contributed by atoms with Crippen molar-refractivity contribution in [3.63, 3.8) is 0 Å². The fourth-order valence-corrected chi connectivity index (χ4v) is 4.94. The number of aromatic nitrogens is 1. The van der Waals surface area contributed by atoms with Crippen LogP contribution >= 0.6 is 11.3 Å². The number of hydrogen-bond acceptors (Lipinski definition) is 9. The second-order valence-corrected chi connectivity index (χ2v) is 8.78. The van der Waals surface area contributed by atoms with E-state index in [1.807, 2.05) is 6.92 Å². The molecule has 1 fully saturated rings. The van der Waals surface area contributed by atoms with Crippen LogP contribution in [0.25, 0.3) is 5.76 Å². The Morgan fingerprint density at radius 3 is 2.28 bits per heavy atom. The molecule has 0 unspecified atom stereocenters. The number of nitrogens with zero attached hydrogens (tertiary/aromatic N) is 2. The second kappa shape index (κ2) is 10.2. The van der Waals surface area contributed by atoms with E-state index in [1.165, 1.54) is 19.1 Å². The summed E-state index contributed by atoms with van der Waals surface area (Å²) in [5.41, 5.74) is 1.17. The number of esters is 1. The van der Waals surface area contributed by atoms with Gasteiger partial charge in [-0.05, 0) is 55.8 Å². The minimum atomic E-state index is -0.987. The topological polar surface area (TPSA) is 115 Å². The summed E-state index contributed by atoms with van der Waals surface area (Å²) >= 11 is 0.940. The van der Waals surface area contributed by atoms with Crippen molar-refractivity contribution in [1.82, 2.24) is 4.98 Å². The smallest absolute Gasteiger partial charge is 0.350 e. The standard InChI is InChI=1S/C26H24N2O7S/c1-5-35-18-12-8-16(9-13-18)21(29)19-20(15-6-10-17(33-3)11-7-15)28(24(31)22(19)30)26-27-14(2)23(36-26)25(32)34-4/h6-13,20,29H,5H2,1-4H3/t20-/m0/s1. The van der Waals surface area contributed by atoms with Crippen LogP contribution in [0.1, 0.15) is 39.5 Å². The van der Waals surface area contributed by atoms with Gasteiger partial charge in [0.25, 0.3) is 5.78 Å². The number of benzene rings is 2. The number of carbonyl (C=O) groups excluding carboxylic acids is 3. The van der Waals surface area contributed by atoms with E-state index in [9.17, 15) is 19.5 Å². The van der Waals surface area contributed by atoms with E-state index in [0.717, 1.165) is 11.3 Å². The lowest BCUT2D eigenvalue weighted by atomic mass is 9.95. The molecule has 2 heterocycles. The molecule has 1 amide bonds. The van der Waals surface area contributed by atoms with E-state index in [-0.39, 0.29) is 21.3 Å². The number of aliphatic hydroxyl groups is 1. The van der Waals surface area contributed by atoms with Gasteiger partial charge in [-0.25, -0.2) is 9.78 Å². The molecule has 36 heavy (non-hydrogen) atoms. The van der Waals surface area contributed by atoms with Gasteiger partial charge in [0.1, 0.15) is 22.1 Å². The number of ether oxygens (including phenoxy) is 3. The van der Waals surface area contributed by atoms with Crippen LogP contribution in [0.5, 0.6) is 11.5 Å². The van der Waals surface area contributed by atoms with Gasteiger partial charge in [0.15, 0.2) is 5.13 Å². The molecule has 186 valence electrons. The largest absolute Gasteiger partial charge is 0.507 e. The highest BCUT2D eigenvalue weighted by Crippen LogP contribution is 2.44. The van der Waals surface area contributed by atoms with E-state index >= 15 is 0 Å². The maximum Gasteiger partial charge on any atom is 0.350 e. The summed E-state index contributed by atoms with van der Waals surface area (Å²) in [5, 5.41) is 11.4. The number of carbonyl (C=O) groups is 3. The SMILES string of the molecule is CCOc1ccc(C(O)=C2C(=O)C(=O)N(c3nc(C)c(C(=O)OC)s3)[C@H]2c2ccc(OC)cc2)cc1. The number of aliphatic hydroxyl groups excluding tert-OH is 1. The van der Waals surface area contributed by atoms with Crippen molar-refractivity contribution < 1.29 is 33.7 Å². The van der Waals surface area contributed by atoms with Gasteiger partial charge in [0.05, 0.1) is 38.1 Å². The van der Waals surface area contributed by atoms with Gasteiger partial charge in [0.2, 0.25) is 0 Å². The second-order valence-electron chi connectivity index (χ2n) is 7.80. The molecule has 1 aliphatic rings. The molecular formula is C26H24N2O7S. The number of Topliss-reactive ketones (excluding diaryl/α,β-unsaturated/α-hetero) is 1. The lowest BCUT2D eigenvalue weighted by Gasteiger charge is -2.23. The Morgan fingerprint density at radius 2 is 1.69 bits per heavy atom. The third-order valence-corrected chi connectivity index (χ3v) is 6.81. The van der Waals surface area contributed by atoms with Crippen molar-refractivity contribution >= 4 is 39.9 Å². The van der Waals surface area contributed by atoms with E-state index in [4.69, 9.17) is 14.2 Å². The zero-order chi connectivity index (χ0) is 26.0. The summed E-state index contributed by atoms with van der Waals surface area (Å²) in [4.78, 5) is 44.5. The first kappa shape index (κ1) is 24.9. The highest BCUT2D eigenvalue weighted by molar-refractivity contribution is 7.17. The van der Waals surface area contributed by atoms with Crippen LogP contribution in [-0.2, 0) is 14.3 Å². The van der Waals surface area contributed by atoms with Crippen molar-refractivity contribution in [3.8, 4) is 11.5 Å². The average molecular weight is 509 g/mol. The molecule has 4 rings (SSSR count). The first-order valence-corrected chi connectivity index (χ1v) is 11.9. The molecule has 0 radical (unpaired) electrons. The van der Waals surface area contributed by atoms with Crippen LogP contribution in [0.2, 0.25) is 0 Å². The molecule has 0 bridgehead atoms. The Labute approximate surface area is 211 Å². The lowest BCUT2D eigenvalue weighted by molar-refractivity contribution is -0.132. The number of rotatable bonds is 7. The minimum Gasteiger partial charge on any atom is -0.507 e. The number of amides is 1. The summed E-state index contributed by atoms with van der Waals surface area (Å²) in [7, 11) is 2.78. The fraction of sp³-hybridized carbons (Fsp3) is 0.231. The monoisotopic (exact) mass is 508 g/mol. The zero-order valence-electron chi connectivity index (χ0n) is 20.1. The first-order valence-electron chi connectivity index (χ1n) is 11.0. The van der Waals surface area contributed by atoms with Gasteiger partial charge in [-0.3, -0.25) is 14.5 Å². The molecule has 0 spiro atoms. The van der Waals surface area contributed by atoms with Crippen LogP contribution in [0.15, 0.2) is 54.1 Å². The molecule has 1 saturated heterocycles. The summed E-state index contributed by atoms with van der Waals surface area (Å²) < 4.78 is 15.5. The van der Waals surface area contributed by atoms with Crippen molar-refractivity contribution in [1.29, 1.82) is 0 Å². The van der Waals surface area contributed by atoms with Gasteiger partial charge in [0, 0.05) is 5.56 Å². The summed E-state index contributed by atoms with van der Waals surface area (Å²) in [6, 6.07) is 12.4. The molecule has 1 N–H and O–H groups in total. The molecule has 3 aromatic rings. The maximum absolute atomic E-state index is 13.3. The minimum absolute atomic E-state index is 0.0956. The van der Waals surface area contributed by atoms with Gasteiger partial charge in [-0.1, -0.05) is 23.5 Å². The Bertz CT molecular complexity index is 1340. The first-order chi connectivity index (χ1) is 17.3. The molecule has 1 aliphatic heterocycles. The third-order valence-electron chi connectivity index (χ3n) is 5.68. The Hall–Kier alpha value is -4.18. The maximum atomic E-state index is 13.3. The number of methoxy groups -OCH3 is 2. The van der Waals surface area contributed by atoms with Crippen molar-refractivity contribution in [3.05, 3.63) is 75.8 Å². The van der Waals surface area contributed by atoms with Crippen LogP contribution in [0.3, 0.4) is 0 Å². The number of anilines is 1. The number of aryl methyl sites for hydroxylation is 1. The normalized spacial score (nSPS) is 16.8. The van der Waals surface area contributed by atoms with Crippen molar-refractivity contribution in [2.75, 3.05) is 25.7 Å². The van der Waals surface area contributed by atoms with Gasteiger partial charge in [-0.2, -0.15) is 0 Å². The molecule has 1 atom stereocenters. The van der Waals surface area contributed by atoms with Crippen molar-refractivity contribution in [2.24, 2.45) is 0 Å². The molecule has 9 nitrogen and oxygen atoms in total. The number of hydrogen-bond donors (Lipinski definition) is 1. The number of ketones is 1. The molecule has 2 aromatic carbocycles. The summed E-state index contributed by atoms with van der Waals surface area (Å²) in [5.74, 6) is -1.47. The lowest BCUT2D eigenvalue weighted by Crippen LogP contribution is -2.29. The Kier molecular flexibility index (Phi) is 7.07. The molecule has 1 aromatic heterocycles. The predicted molar refractivity (Wildman–Crippen MR) is 134 cm³/mol. The van der Waals surface area contributed by atoms with Crippen molar-refractivity contribution in [2.45, 2.75) is 19.9 Å². The van der Waals surface area contributed by atoms with Crippen LogP contribution in [0.4, 0.5) is 5.13 Å². The van der Waals surface area contributed by atoms with Crippen LogP contribution in [-0.4, -0.2) is 48.6 Å². The van der Waals surface area contributed by atoms with E-state index in [0.29, 0.717) is 34.9 Å². The molecule has 0 saturated carbocycles. The van der Waals surface area contributed by atoms with E-state index in [2.05, 4.69) is 4.98 Å².